The summed E-state index contributed by atoms with van der Waals surface area (Å²) in [5.74, 6) is 0.611. The van der Waals surface area contributed by atoms with Crippen LogP contribution >= 0.6 is 15.9 Å². The Morgan fingerprint density at radius 2 is 1.95 bits per heavy atom. The van der Waals surface area contributed by atoms with Crippen molar-refractivity contribution < 1.29 is 4.74 Å². The Labute approximate surface area is 127 Å². The highest BCUT2D eigenvalue weighted by atomic mass is 79.9. The number of rotatable bonds is 6. The summed E-state index contributed by atoms with van der Waals surface area (Å²) in [7, 11) is 0. The normalized spacial score (nSPS) is 11.3. The van der Waals surface area contributed by atoms with Gasteiger partial charge < -0.3 is 10.1 Å². The topological polar surface area (TPSA) is 47.0 Å². The summed E-state index contributed by atoms with van der Waals surface area (Å²) in [4.78, 5) is 8.48. The highest BCUT2D eigenvalue weighted by Crippen LogP contribution is 2.21. The molecule has 1 N–H and O–H groups in total. The zero-order chi connectivity index (χ0) is 14.4. The second-order valence-corrected chi connectivity index (χ2v) is 5.99. The van der Waals surface area contributed by atoms with E-state index in [0.717, 1.165) is 10.2 Å². The predicted molar refractivity (Wildman–Crippen MR) is 82.6 cm³/mol. The maximum absolute atomic E-state index is 5.75. The van der Waals surface area contributed by atoms with Crippen LogP contribution in [0.4, 0.5) is 0 Å². The monoisotopic (exact) mass is 335 g/mol. The van der Waals surface area contributed by atoms with Gasteiger partial charge in [0.25, 0.3) is 0 Å². The van der Waals surface area contributed by atoms with Gasteiger partial charge in [0, 0.05) is 24.5 Å². The van der Waals surface area contributed by atoms with Crippen molar-refractivity contribution in [2.45, 2.75) is 25.9 Å². The zero-order valence-electron chi connectivity index (χ0n) is 11.6. The lowest BCUT2D eigenvalue weighted by Gasteiger charge is -2.26. The molecule has 2 aromatic heterocycles. The lowest BCUT2D eigenvalue weighted by molar-refractivity contribution is 0.199. The van der Waals surface area contributed by atoms with Crippen LogP contribution in [0.5, 0.6) is 5.88 Å². The van der Waals surface area contributed by atoms with Gasteiger partial charge in [-0.3, -0.25) is 4.98 Å². The smallest absolute Gasteiger partial charge is 0.227 e. The van der Waals surface area contributed by atoms with Gasteiger partial charge in [-0.15, -0.1) is 0 Å². The van der Waals surface area contributed by atoms with Crippen LogP contribution in [0.3, 0.4) is 0 Å². The van der Waals surface area contributed by atoms with E-state index < -0.39 is 0 Å². The van der Waals surface area contributed by atoms with E-state index in [-0.39, 0.29) is 5.54 Å². The Balaban J connectivity index is 1.86. The number of hydrogen-bond donors (Lipinski definition) is 1. The molecule has 0 saturated carbocycles. The fourth-order valence-corrected chi connectivity index (χ4v) is 1.98. The molecule has 0 bridgehead atoms. The summed E-state index contributed by atoms with van der Waals surface area (Å²) in [5, 5.41) is 3.43. The van der Waals surface area contributed by atoms with Crippen LogP contribution in [0.2, 0.25) is 0 Å². The number of ether oxygens (including phenoxy) is 1. The van der Waals surface area contributed by atoms with Gasteiger partial charge in [0.05, 0.1) is 10.2 Å². The van der Waals surface area contributed by atoms with E-state index in [1.165, 1.54) is 0 Å². The summed E-state index contributed by atoms with van der Waals surface area (Å²) < 4.78 is 6.61. The Morgan fingerprint density at radius 1 is 1.15 bits per heavy atom. The van der Waals surface area contributed by atoms with E-state index in [1.807, 2.05) is 30.3 Å². The largest absolute Gasteiger partial charge is 0.475 e. The number of nitrogens with one attached hydrogen (secondary N) is 1. The maximum Gasteiger partial charge on any atom is 0.227 e. The molecule has 0 amide bonds. The molecule has 4 nitrogen and oxygen atoms in total. The number of hydrogen-bond acceptors (Lipinski definition) is 4. The lowest BCUT2D eigenvalue weighted by atomic mass is 10.1. The fourth-order valence-electron chi connectivity index (χ4n) is 1.61. The predicted octanol–water partition coefficient (Wildman–Crippen LogP) is 3.19. The molecule has 20 heavy (non-hydrogen) atoms. The van der Waals surface area contributed by atoms with Crippen LogP contribution in [-0.2, 0) is 6.54 Å². The molecule has 0 radical (unpaired) electrons. The molecule has 0 fully saturated rings. The Kier molecular flexibility index (Phi) is 5.09. The molecule has 0 spiro atoms. The van der Waals surface area contributed by atoms with E-state index in [1.54, 1.807) is 12.4 Å². The summed E-state index contributed by atoms with van der Waals surface area (Å²) in [6.45, 7) is 5.41. The number of pyridine rings is 2. The molecule has 0 aliphatic heterocycles. The van der Waals surface area contributed by atoms with E-state index >= 15 is 0 Å². The van der Waals surface area contributed by atoms with Crippen molar-refractivity contribution in [2.75, 3.05) is 6.61 Å². The van der Waals surface area contributed by atoms with Gasteiger partial charge in [-0.05, 0) is 54.0 Å². The summed E-state index contributed by atoms with van der Waals surface area (Å²) >= 11 is 3.42. The molecule has 106 valence electrons. The highest BCUT2D eigenvalue weighted by molar-refractivity contribution is 9.10. The molecule has 0 aliphatic carbocycles. The van der Waals surface area contributed by atoms with E-state index in [4.69, 9.17) is 4.74 Å². The van der Waals surface area contributed by atoms with Crippen LogP contribution in [0.15, 0.2) is 47.2 Å². The SMILES string of the molecule is CC(C)(COc1ncccc1Br)NCc1ccccn1. The highest BCUT2D eigenvalue weighted by Gasteiger charge is 2.19. The third-order valence-corrected chi connectivity index (χ3v) is 3.37. The minimum absolute atomic E-state index is 0.172. The van der Waals surface area contributed by atoms with Crippen LogP contribution in [0.1, 0.15) is 19.5 Å². The third kappa shape index (κ3) is 4.58. The van der Waals surface area contributed by atoms with Crippen LogP contribution in [-0.4, -0.2) is 22.1 Å². The number of halogens is 1. The van der Waals surface area contributed by atoms with E-state index in [9.17, 15) is 0 Å². The third-order valence-electron chi connectivity index (χ3n) is 2.77. The average Bonchev–Trinajstić information content (AvgIpc) is 2.46. The minimum Gasteiger partial charge on any atom is -0.475 e. The van der Waals surface area contributed by atoms with Crippen molar-refractivity contribution in [3.63, 3.8) is 0 Å². The average molecular weight is 336 g/mol. The molecular weight excluding hydrogens is 318 g/mol. The van der Waals surface area contributed by atoms with Crippen molar-refractivity contribution in [1.29, 1.82) is 0 Å². The first kappa shape index (κ1) is 14.9. The van der Waals surface area contributed by atoms with Gasteiger partial charge >= 0.3 is 0 Å². The number of aromatic nitrogens is 2. The summed E-state index contributed by atoms with van der Waals surface area (Å²) in [6, 6.07) is 9.67. The fraction of sp³-hybridized carbons (Fsp3) is 0.333. The molecule has 2 aromatic rings. The molecule has 0 aliphatic rings. The van der Waals surface area contributed by atoms with Gasteiger partial charge in [-0.2, -0.15) is 0 Å². The van der Waals surface area contributed by atoms with Gasteiger partial charge in [-0.25, -0.2) is 4.98 Å². The van der Waals surface area contributed by atoms with Crippen LogP contribution in [0, 0.1) is 0 Å². The Bertz CT molecular complexity index is 546. The Hall–Kier alpha value is -1.46. The summed E-state index contributed by atoms with van der Waals surface area (Å²) in [6.07, 6.45) is 3.51. The van der Waals surface area contributed by atoms with E-state index in [0.29, 0.717) is 19.0 Å². The van der Waals surface area contributed by atoms with Gasteiger partial charge in [-0.1, -0.05) is 6.07 Å². The molecule has 2 rings (SSSR count). The van der Waals surface area contributed by atoms with Gasteiger partial charge in [0.1, 0.15) is 6.61 Å². The molecule has 0 saturated heterocycles. The zero-order valence-corrected chi connectivity index (χ0v) is 13.2. The number of nitrogens with zero attached hydrogens (tertiary/aromatic N) is 2. The molecule has 0 atom stereocenters. The summed E-state index contributed by atoms with van der Waals surface area (Å²) in [5.41, 5.74) is 0.841. The first-order valence-corrected chi connectivity index (χ1v) is 7.24. The van der Waals surface area contributed by atoms with Crippen molar-refractivity contribution in [1.82, 2.24) is 15.3 Å². The van der Waals surface area contributed by atoms with Crippen LogP contribution < -0.4 is 10.1 Å². The van der Waals surface area contributed by atoms with Gasteiger partial charge in [0.2, 0.25) is 5.88 Å². The first-order valence-electron chi connectivity index (χ1n) is 6.45. The first-order chi connectivity index (χ1) is 9.57. The van der Waals surface area contributed by atoms with Crippen molar-refractivity contribution in [2.24, 2.45) is 0 Å². The molecule has 2 heterocycles. The Morgan fingerprint density at radius 3 is 2.65 bits per heavy atom. The van der Waals surface area contributed by atoms with Crippen molar-refractivity contribution >= 4 is 15.9 Å². The standard InChI is InChI=1S/C15H18BrN3O/c1-15(2,19-10-12-6-3-4-8-17-12)11-20-14-13(16)7-5-9-18-14/h3-9,19H,10-11H2,1-2H3. The molecule has 5 heteroatoms. The maximum atomic E-state index is 5.75. The van der Waals surface area contributed by atoms with Crippen LogP contribution in [0.25, 0.3) is 0 Å². The van der Waals surface area contributed by atoms with Crippen molar-refractivity contribution in [3.8, 4) is 5.88 Å². The molecular formula is C15H18BrN3O. The van der Waals surface area contributed by atoms with Crippen molar-refractivity contribution in [3.05, 3.63) is 52.9 Å². The molecule has 0 unspecified atom stereocenters. The van der Waals surface area contributed by atoms with Gasteiger partial charge in [0.15, 0.2) is 0 Å². The molecule has 0 aromatic carbocycles. The second kappa shape index (κ2) is 6.81. The minimum atomic E-state index is -0.172. The lowest BCUT2D eigenvalue weighted by Crippen LogP contribution is -2.44. The van der Waals surface area contributed by atoms with E-state index in [2.05, 4.69) is 45.1 Å². The second-order valence-electron chi connectivity index (χ2n) is 5.14. The quantitative estimate of drug-likeness (QED) is 0.880.